The number of hydrogen-bond donors (Lipinski definition) is 1. The fourth-order valence-electron chi connectivity index (χ4n) is 3.83. The number of aryl methyl sites for hydroxylation is 1. The third kappa shape index (κ3) is 4.69. The van der Waals surface area contributed by atoms with Gasteiger partial charge in [-0.3, -0.25) is 14.8 Å². The third-order valence-electron chi connectivity index (χ3n) is 5.12. The molecular weight excluding hydrogens is 306 g/mol. The molecule has 1 N–H and O–H groups in total. The van der Waals surface area contributed by atoms with Gasteiger partial charge in [-0.25, -0.2) is 0 Å². The number of hydrogen-bond acceptors (Lipinski definition) is 5. The van der Waals surface area contributed by atoms with Crippen LogP contribution in [0.25, 0.3) is 0 Å². The molecule has 3 heterocycles. The molecule has 1 atom stereocenters. The summed E-state index contributed by atoms with van der Waals surface area (Å²) in [6.45, 7) is 6.57. The van der Waals surface area contributed by atoms with Gasteiger partial charge in [-0.05, 0) is 49.8 Å². The number of aliphatic hydroxyl groups is 1. The first-order valence-electron chi connectivity index (χ1n) is 8.85. The summed E-state index contributed by atoms with van der Waals surface area (Å²) < 4.78 is 0. The van der Waals surface area contributed by atoms with E-state index in [4.69, 9.17) is 0 Å². The van der Waals surface area contributed by atoms with Gasteiger partial charge in [-0.15, -0.1) is 0 Å². The van der Waals surface area contributed by atoms with Crippen molar-refractivity contribution >= 4 is 11.8 Å². The predicted molar refractivity (Wildman–Crippen MR) is 96.8 cm³/mol. The van der Waals surface area contributed by atoms with Crippen molar-refractivity contribution in [1.29, 1.82) is 0 Å². The number of piperazine rings is 1. The molecule has 5 heteroatoms. The Kier molecular flexibility index (Phi) is 6.34. The van der Waals surface area contributed by atoms with Gasteiger partial charge in [0.2, 0.25) is 0 Å². The summed E-state index contributed by atoms with van der Waals surface area (Å²) in [6, 6.07) is 7.47. The Morgan fingerprint density at radius 2 is 2.09 bits per heavy atom. The molecule has 0 radical (unpaired) electrons. The Hall–Kier alpha value is -0.620. The van der Waals surface area contributed by atoms with E-state index < -0.39 is 0 Å². The highest BCUT2D eigenvalue weighted by molar-refractivity contribution is 7.99. The lowest BCUT2D eigenvalue weighted by atomic mass is 10.0. The highest BCUT2D eigenvalue weighted by Gasteiger charge is 2.31. The Morgan fingerprint density at radius 3 is 2.83 bits per heavy atom. The van der Waals surface area contributed by atoms with Crippen LogP contribution in [0.15, 0.2) is 18.2 Å². The molecule has 0 aliphatic carbocycles. The predicted octanol–water partition coefficient (Wildman–Crippen LogP) is 2.15. The summed E-state index contributed by atoms with van der Waals surface area (Å²) in [4.78, 5) is 9.85. The normalized spacial score (nSPS) is 24.9. The van der Waals surface area contributed by atoms with Crippen molar-refractivity contribution < 1.29 is 5.11 Å². The number of rotatable bonds is 5. The van der Waals surface area contributed by atoms with Crippen LogP contribution in [-0.2, 0) is 6.54 Å². The van der Waals surface area contributed by atoms with Crippen LogP contribution in [0.1, 0.15) is 30.7 Å². The van der Waals surface area contributed by atoms with Crippen molar-refractivity contribution in [2.24, 2.45) is 0 Å². The Morgan fingerprint density at radius 1 is 1.26 bits per heavy atom. The average Bonchev–Trinajstić information content (AvgIpc) is 2.57. The van der Waals surface area contributed by atoms with Gasteiger partial charge in [0.25, 0.3) is 0 Å². The third-order valence-corrected chi connectivity index (χ3v) is 6.17. The SMILES string of the molecule is Cc1cccc(CN2CCN(C3CCSCC3)C[C@H]2CCO)n1. The Labute approximate surface area is 144 Å². The monoisotopic (exact) mass is 335 g/mol. The molecule has 2 aliphatic rings. The molecule has 0 saturated carbocycles. The van der Waals surface area contributed by atoms with Crippen molar-refractivity contribution in [2.45, 2.75) is 44.8 Å². The molecule has 2 aliphatic heterocycles. The van der Waals surface area contributed by atoms with E-state index in [2.05, 4.69) is 38.7 Å². The molecule has 3 rings (SSSR count). The molecule has 0 aromatic carbocycles. The number of nitrogens with zero attached hydrogens (tertiary/aromatic N) is 3. The summed E-state index contributed by atoms with van der Waals surface area (Å²) in [5, 5.41) is 9.48. The van der Waals surface area contributed by atoms with Crippen LogP contribution in [0.4, 0.5) is 0 Å². The molecule has 0 amide bonds. The van der Waals surface area contributed by atoms with Gasteiger partial charge in [0.1, 0.15) is 0 Å². The van der Waals surface area contributed by atoms with E-state index in [1.165, 1.54) is 24.3 Å². The first-order valence-corrected chi connectivity index (χ1v) is 10.0. The zero-order valence-corrected chi connectivity index (χ0v) is 15.0. The van der Waals surface area contributed by atoms with E-state index in [0.29, 0.717) is 6.04 Å². The lowest BCUT2D eigenvalue weighted by Crippen LogP contribution is -2.56. The highest BCUT2D eigenvalue weighted by atomic mass is 32.2. The first kappa shape index (κ1) is 17.2. The minimum absolute atomic E-state index is 0.275. The lowest BCUT2D eigenvalue weighted by Gasteiger charge is -2.45. The Balaban J connectivity index is 1.62. The van der Waals surface area contributed by atoms with Crippen molar-refractivity contribution in [2.75, 3.05) is 37.7 Å². The van der Waals surface area contributed by atoms with Crippen LogP contribution in [-0.4, -0.2) is 69.7 Å². The molecule has 0 unspecified atom stereocenters. The second-order valence-corrected chi connectivity index (χ2v) is 7.97. The zero-order valence-electron chi connectivity index (χ0n) is 14.2. The van der Waals surface area contributed by atoms with E-state index >= 15 is 0 Å². The van der Waals surface area contributed by atoms with Crippen molar-refractivity contribution in [3.63, 3.8) is 0 Å². The summed E-state index contributed by atoms with van der Waals surface area (Å²) in [7, 11) is 0. The van der Waals surface area contributed by atoms with E-state index in [1.807, 2.05) is 13.0 Å². The van der Waals surface area contributed by atoms with E-state index in [9.17, 15) is 5.11 Å². The Bertz CT molecular complexity index is 493. The van der Waals surface area contributed by atoms with Crippen LogP contribution in [0, 0.1) is 6.92 Å². The first-order chi connectivity index (χ1) is 11.3. The molecule has 4 nitrogen and oxygen atoms in total. The van der Waals surface area contributed by atoms with Gasteiger partial charge in [-0.1, -0.05) is 6.07 Å². The molecule has 1 aromatic heterocycles. The fourth-order valence-corrected chi connectivity index (χ4v) is 4.91. The molecular formula is C18H29N3OS. The maximum Gasteiger partial charge on any atom is 0.0547 e. The van der Waals surface area contributed by atoms with Crippen LogP contribution in [0.2, 0.25) is 0 Å². The molecule has 2 fully saturated rings. The van der Waals surface area contributed by atoms with E-state index in [0.717, 1.165) is 50.0 Å². The molecule has 128 valence electrons. The molecule has 0 spiro atoms. The summed E-state index contributed by atoms with van der Waals surface area (Å²) in [5.74, 6) is 2.62. The number of aromatic nitrogens is 1. The quantitative estimate of drug-likeness (QED) is 0.893. The molecule has 2 saturated heterocycles. The highest BCUT2D eigenvalue weighted by Crippen LogP contribution is 2.25. The summed E-state index contributed by atoms with van der Waals surface area (Å²) >= 11 is 2.09. The van der Waals surface area contributed by atoms with Crippen LogP contribution in [0.3, 0.4) is 0 Å². The minimum atomic E-state index is 0.275. The second kappa shape index (κ2) is 8.47. The van der Waals surface area contributed by atoms with Crippen molar-refractivity contribution in [1.82, 2.24) is 14.8 Å². The number of pyridine rings is 1. The minimum Gasteiger partial charge on any atom is -0.396 e. The topological polar surface area (TPSA) is 39.6 Å². The molecule has 1 aromatic rings. The summed E-state index contributed by atoms with van der Waals surface area (Å²) in [6.07, 6.45) is 3.52. The molecule has 23 heavy (non-hydrogen) atoms. The van der Waals surface area contributed by atoms with Crippen LogP contribution >= 0.6 is 11.8 Å². The number of aliphatic hydroxyl groups excluding tert-OH is 1. The second-order valence-electron chi connectivity index (χ2n) is 6.75. The largest absolute Gasteiger partial charge is 0.396 e. The maximum absolute atomic E-state index is 9.48. The van der Waals surface area contributed by atoms with E-state index in [-0.39, 0.29) is 6.61 Å². The van der Waals surface area contributed by atoms with Gasteiger partial charge in [0, 0.05) is 50.6 Å². The van der Waals surface area contributed by atoms with Crippen LogP contribution < -0.4 is 0 Å². The van der Waals surface area contributed by atoms with Crippen molar-refractivity contribution in [3.8, 4) is 0 Å². The van der Waals surface area contributed by atoms with Gasteiger partial charge >= 0.3 is 0 Å². The van der Waals surface area contributed by atoms with Gasteiger partial charge < -0.3 is 5.11 Å². The van der Waals surface area contributed by atoms with Gasteiger partial charge in [0.15, 0.2) is 0 Å². The average molecular weight is 336 g/mol. The smallest absolute Gasteiger partial charge is 0.0547 e. The van der Waals surface area contributed by atoms with Gasteiger partial charge in [-0.2, -0.15) is 11.8 Å². The lowest BCUT2D eigenvalue weighted by molar-refractivity contribution is 0.0286. The van der Waals surface area contributed by atoms with Gasteiger partial charge in [0.05, 0.1) is 5.69 Å². The number of thioether (sulfide) groups is 1. The summed E-state index contributed by atoms with van der Waals surface area (Å²) in [5.41, 5.74) is 2.23. The van der Waals surface area contributed by atoms with Crippen molar-refractivity contribution in [3.05, 3.63) is 29.6 Å². The van der Waals surface area contributed by atoms with Crippen LogP contribution in [0.5, 0.6) is 0 Å². The zero-order chi connectivity index (χ0) is 16.1. The van der Waals surface area contributed by atoms with E-state index in [1.54, 1.807) is 0 Å². The standard InChI is InChI=1S/C18H29N3OS/c1-15-3-2-4-16(19-15)13-20-8-9-21(14-18(20)5-10-22)17-6-11-23-12-7-17/h2-4,17-18,22H,5-14H2,1H3/t18-/m1/s1. The maximum atomic E-state index is 9.48. The fraction of sp³-hybridized carbons (Fsp3) is 0.722. The molecule has 0 bridgehead atoms.